The zero-order chi connectivity index (χ0) is 20.9. The van der Waals surface area contributed by atoms with E-state index >= 15 is 0 Å². The predicted octanol–water partition coefficient (Wildman–Crippen LogP) is 1.60. The van der Waals surface area contributed by atoms with Crippen molar-refractivity contribution in [2.45, 2.75) is 58.4 Å². The lowest BCUT2D eigenvalue weighted by atomic mass is 9.85. The van der Waals surface area contributed by atoms with Gasteiger partial charge in [0.25, 0.3) is 11.8 Å². The highest BCUT2D eigenvalue weighted by Crippen LogP contribution is 2.53. The number of amides is 4. The van der Waals surface area contributed by atoms with Gasteiger partial charge in [-0.15, -0.1) is 5.06 Å². The van der Waals surface area contributed by atoms with Crippen molar-refractivity contribution in [3.05, 3.63) is 12.2 Å². The fraction of sp³-hybridized carbons (Fsp3) is 0.667. The smallest absolute Gasteiger partial charge is 0.330 e. The Bertz CT molecular complexity index is 759. The standard InChI is InChI=1S/C21H26N2O6/c1-11(3-8-17(26)29-23-15(24)6-7-16(23)25)9-12(2)22-20(27)18-13-4-5-14(10-13)19(18)21(22)28/h4-5,11-14,18-19H,3,6-10H2,1-2H3. The Morgan fingerprint density at radius 2 is 1.59 bits per heavy atom. The van der Waals surface area contributed by atoms with Gasteiger partial charge in [-0.2, -0.15) is 0 Å². The zero-order valence-corrected chi connectivity index (χ0v) is 16.7. The van der Waals surface area contributed by atoms with Crippen molar-refractivity contribution in [2.75, 3.05) is 0 Å². The minimum atomic E-state index is -0.626. The Morgan fingerprint density at radius 3 is 2.14 bits per heavy atom. The van der Waals surface area contributed by atoms with E-state index in [0.717, 1.165) is 6.42 Å². The Hall–Kier alpha value is -2.51. The number of hydroxylamine groups is 2. The number of hydrogen-bond acceptors (Lipinski definition) is 6. The van der Waals surface area contributed by atoms with Crippen LogP contribution in [0.4, 0.5) is 0 Å². The summed E-state index contributed by atoms with van der Waals surface area (Å²) in [7, 11) is 0. The average molecular weight is 402 g/mol. The second kappa shape index (κ2) is 7.39. The zero-order valence-electron chi connectivity index (χ0n) is 16.7. The summed E-state index contributed by atoms with van der Waals surface area (Å²) in [6.07, 6.45) is 6.34. The fourth-order valence-electron chi connectivity index (χ4n) is 5.33. The SMILES string of the molecule is CC(CCC(=O)ON1C(=O)CCC1=O)CC(C)N1C(=O)C2C3C=CC(C3)C2C1=O. The maximum atomic E-state index is 12.9. The summed E-state index contributed by atoms with van der Waals surface area (Å²) in [4.78, 5) is 67.0. The molecule has 4 rings (SSSR count). The van der Waals surface area contributed by atoms with E-state index in [1.807, 2.05) is 13.8 Å². The number of fused-ring (bicyclic) bond motifs is 5. The third kappa shape index (κ3) is 3.38. The normalized spacial score (nSPS) is 32.3. The van der Waals surface area contributed by atoms with Gasteiger partial charge in [0.2, 0.25) is 11.8 Å². The summed E-state index contributed by atoms with van der Waals surface area (Å²) in [5, 5.41) is 0.554. The Labute approximate surface area is 169 Å². The number of carbonyl (C=O) groups is 5. The number of allylic oxidation sites excluding steroid dienone is 2. The molecule has 3 fully saturated rings. The molecule has 8 nitrogen and oxygen atoms in total. The van der Waals surface area contributed by atoms with Gasteiger partial charge < -0.3 is 4.84 Å². The van der Waals surface area contributed by atoms with E-state index < -0.39 is 17.8 Å². The van der Waals surface area contributed by atoms with Crippen LogP contribution in [0.15, 0.2) is 12.2 Å². The molecule has 2 bridgehead atoms. The molecule has 29 heavy (non-hydrogen) atoms. The fourth-order valence-corrected chi connectivity index (χ4v) is 5.33. The molecule has 2 aliphatic heterocycles. The van der Waals surface area contributed by atoms with Crippen LogP contribution >= 0.6 is 0 Å². The minimum absolute atomic E-state index is 0.0537. The number of nitrogens with zero attached hydrogens (tertiary/aromatic N) is 2. The van der Waals surface area contributed by atoms with Crippen molar-refractivity contribution in [3.8, 4) is 0 Å². The molecule has 2 aliphatic carbocycles. The van der Waals surface area contributed by atoms with E-state index in [-0.39, 0.29) is 66.7 Å². The first kappa shape index (κ1) is 19.8. The van der Waals surface area contributed by atoms with Crippen molar-refractivity contribution in [2.24, 2.45) is 29.6 Å². The lowest BCUT2D eigenvalue weighted by Crippen LogP contribution is -2.41. The molecule has 0 aromatic carbocycles. The van der Waals surface area contributed by atoms with Crippen LogP contribution in [0, 0.1) is 29.6 Å². The Kier molecular flexibility index (Phi) is 5.04. The van der Waals surface area contributed by atoms with Gasteiger partial charge in [0, 0.05) is 25.3 Å². The molecule has 1 saturated carbocycles. The summed E-state index contributed by atoms with van der Waals surface area (Å²) in [6, 6.07) is -0.229. The van der Waals surface area contributed by atoms with E-state index in [2.05, 4.69) is 12.2 Å². The van der Waals surface area contributed by atoms with Gasteiger partial charge in [-0.3, -0.25) is 24.1 Å². The summed E-state index contributed by atoms with van der Waals surface area (Å²) in [5.41, 5.74) is 0. The largest absolute Gasteiger partial charge is 0.333 e. The van der Waals surface area contributed by atoms with Crippen molar-refractivity contribution < 1.29 is 28.8 Å². The number of carbonyl (C=O) groups excluding carboxylic acids is 5. The summed E-state index contributed by atoms with van der Waals surface area (Å²) < 4.78 is 0. The molecule has 0 radical (unpaired) electrons. The van der Waals surface area contributed by atoms with Crippen molar-refractivity contribution in [1.29, 1.82) is 0 Å². The molecular formula is C21H26N2O6. The molecule has 156 valence electrons. The maximum absolute atomic E-state index is 12.9. The van der Waals surface area contributed by atoms with Crippen LogP contribution in [0.25, 0.3) is 0 Å². The molecule has 2 heterocycles. The highest BCUT2D eigenvalue weighted by atomic mass is 16.7. The number of rotatable bonds is 7. The van der Waals surface area contributed by atoms with Gasteiger partial charge in [0.1, 0.15) is 0 Å². The summed E-state index contributed by atoms with van der Waals surface area (Å²) in [5.74, 6) is -1.65. The first-order chi connectivity index (χ1) is 13.8. The predicted molar refractivity (Wildman–Crippen MR) is 99.2 cm³/mol. The van der Waals surface area contributed by atoms with Crippen LogP contribution in [0.2, 0.25) is 0 Å². The number of likely N-dealkylation sites (tertiary alicyclic amines) is 1. The van der Waals surface area contributed by atoms with Gasteiger partial charge in [-0.05, 0) is 43.9 Å². The van der Waals surface area contributed by atoms with Crippen LogP contribution < -0.4 is 0 Å². The van der Waals surface area contributed by atoms with Gasteiger partial charge in [0.15, 0.2) is 0 Å². The molecule has 0 aromatic heterocycles. The topological polar surface area (TPSA) is 101 Å². The molecule has 6 atom stereocenters. The lowest BCUT2D eigenvalue weighted by Gasteiger charge is -2.27. The van der Waals surface area contributed by atoms with E-state index in [1.54, 1.807) is 0 Å². The Balaban J connectivity index is 1.27. The van der Waals surface area contributed by atoms with Gasteiger partial charge >= 0.3 is 5.97 Å². The molecule has 2 saturated heterocycles. The molecule has 4 amide bonds. The third-order valence-electron chi connectivity index (χ3n) is 6.73. The molecule has 0 aromatic rings. The van der Waals surface area contributed by atoms with Gasteiger partial charge in [0.05, 0.1) is 11.8 Å². The molecule has 4 aliphatic rings. The average Bonchev–Trinajstić information content (AvgIpc) is 3.41. The first-order valence-corrected chi connectivity index (χ1v) is 10.4. The quantitative estimate of drug-likeness (QED) is 0.474. The van der Waals surface area contributed by atoms with Crippen LogP contribution in [0.3, 0.4) is 0 Å². The summed E-state index contributed by atoms with van der Waals surface area (Å²) >= 11 is 0. The maximum Gasteiger partial charge on any atom is 0.333 e. The van der Waals surface area contributed by atoms with E-state index in [4.69, 9.17) is 4.84 Å². The van der Waals surface area contributed by atoms with Crippen LogP contribution in [-0.2, 0) is 28.8 Å². The molecule has 8 heteroatoms. The summed E-state index contributed by atoms with van der Waals surface area (Å²) in [6.45, 7) is 3.83. The molecule has 0 spiro atoms. The van der Waals surface area contributed by atoms with Crippen LogP contribution in [-0.4, -0.2) is 45.6 Å². The van der Waals surface area contributed by atoms with E-state index in [9.17, 15) is 24.0 Å². The van der Waals surface area contributed by atoms with Gasteiger partial charge in [-0.25, -0.2) is 4.79 Å². The molecular weight excluding hydrogens is 376 g/mol. The van der Waals surface area contributed by atoms with Gasteiger partial charge in [-0.1, -0.05) is 19.1 Å². The van der Waals surface area contributed by atoms with Crippen molar-refractivity contribution in [3.63, 3.8) is 0 Å². The highest BCUT2D eigenvalue weighted by Gasteiger charge is 2.59. The third-order valence-corrected chi connectivity index (χ3v) is 6.73. The van der Waals surface area contributed by atoms with E-state index in [1.165, 1.54) is 4.90 Å². The monoisotopic (exact) mass is 402 g/mol. The van der Waals surface area contributed by atoms with Crippen LogP contribution in [0.1, 0.15) is 52.4 Å². The first-order valence-electron chi connectivity index (χ1n) is 10.4. The Morgan fingerprint density at radius 1 is 1.03 bits per heavy atom. The molecule has 0 N–H and O–H groups in total. The highest BCUT2D eigenvalue weighted by molar-refractivity contribution is 6.06. The van der Waals surface area contributed by atoms with Crippen LogP contribution in [0.5, 0.6) is 0 Å². The minimum Gasteiger partial charge on any atom is -0.330 e. The number of hydrogen-bond donors (Lipinski definition) is 0. The van der Waals surface area contributed by atoms with Crippen molar-refractivity contribution >= 4 is 29.6 Å². The number of imide groups is 2. The molecule has 6 unspecified atom stereocenters. The second-order valence-corrected chi connectivity index (χ2v) is 8.82. The lowest BCUT2D eigenvalue weighted by molar-refractivity contribution is -0.197. The van der Waals surface area contributed by atoms with E-state index in [0.29, 0.717) is 17.9 Å². The van der Waals surface area contributed by atoms with Crippen molar-refractivity contribution in [1.82, 2.24) is 9.96 Å². The second-order valence-electron chi connectivity index (χ2n) is 8.82.